The van der Waals surface area contributed by atoms with Gasteiger partial charge in [0.25, 0.3) is 0 Å². The van der Waals surface area contributed by atoms with E-state index in [2.05, 4.69) is 30.0 Å². The van der Waals surface area contributed by atoms with Crippen LogP contribution in [0.15, 0.2) is 18.2 Å². The predicted molar refractivity (Wildman–Crippen MR) is 54.1 cm³/mol. The molecule has 2 heteroatoms. The molecule has 2 nitrogen and oxygen atoms in total. The van der Waals surface area contributed by atoms with Gasteiger partial charge in [0.1, 0.15) is 0 Å². The molecule has 2 rings (SSSR count). The Bertz CT molecular complexity index is 307. The first-order valence-corrected chi connectivity index (χ1v) is 4.86. The third kappa shape index (κ3) is 1.60. The molecule has 13 heavy (non-hydrogen) atoms. The van der Waals surface area contributed by atoms with Crippen molar-refractivity contribution in [3.05, 3.63) is 34.9 Å². The molecule has 0 saturated carbocycles. The highest BCUT2D eigenvalue weighted by atomic mass is 15.1. The fourth-order valence-corrected chi connectivity index (χ4v) is 1.87. The maximum absolute atomic E-state index is 5.60. The van der Waals surface area contributed by atoms with Crippen LogP contribution in [0.3, 0.4) is 0 Å². The highest BCUT2D eigenvalue weighted by Gasteiger charge is 2.16. The minimum atomic E-state index is 0.652. The van der Waals surface area contributed by atoms with Crippen molar-refractivity contribution in [2.75, 3.05) is 6.54 Å². The van der Waals surface area contributed by atoms with Gasteiger partial charge in [-0.15, -0.1) is 0 Å². The van der Waals surface area contributed by atoms with Crippen molar-refractivity contribution in [2.45, 2.75) is 26.6 Å². The minimum Gasteiger partial charge on any atom is -0.326 e. The van der Waals surface area contributed by atoms with Crippen molar-refractivity contribution in [3.8, 4) is 0 Å². The average Bonchev–Trinajstić information content (AvgIpc) is 2.58. The van der Waals surface area contributed by atoms with Crippen molar-refractivity contribution in [1.82, 2.24) is 4.90 Å². The molecule has 0 unspecified atom stereocenters. The van der Waals surface area contributed by atoms with Gasteiger partial charge < -0.3 is 5.73 Å². The van der Waals surface area contributed by atoms with E-state index in [1.807, 2.05) is 0 Å². The van der Waals surface area contributed by atoms with Crippen molar-refractivity contribution in [2.24, 2.45) is 5.73 Å². The van der Waals surface area contributed by atoms with Crippen LogP contribution in [0, 0.1) is 0 Å². The Morgan fingerprint density at radius 1 is 1.31 bits per heavy atom. The minimum absolute atomic E-state index is 0.652. The Balaban J connectivity index is 2.25. The van der Waals surface area contributed by atoms with Gasteiger partial charge in [-0.3, -0.25) is 4.90 Å². The molecule has 1 aliphatic rings. The van der Waals surface area contributed by atoms with Crippen LogP contribution in [0.2, 0.25) is 0 Å². The van der Waals surface area contributed by atoms with E-state index in [1.165, 1.54) is 16.7 Å². The summed E-state index contributed by atoms with van der Waals surface area (Å²) >= 11 is 0. The number of nitrogens with two attached hydrogens (primary N) is 1. The number of hydrogen-bond acceptors (Lipinski definition) is 2. The normalized spacial score (nSPS) is 16.2. The zero-order valence-corrected chi connectivity index (χ0v) is 8.09. The smallest absolute Gasteiger partial charge is 0.0240 e. The molecule has 0 spiro atoms. The Kier molecular flexibility index (Phi) is 2.34. The predicted octanol–water partition coefficient (Wildman–Crippen LogP) is 1.48. The monoisotopic (exact) mass is 176 g/mol. The molecule has 0 aliphatic carbocycles. The molecule has 1 heterocycles. The fourth-order valence-electron chi connectivity index (χ4n) is 1.87. The quantitative estimate of drug-likeness (QED) is 0.739. The molecule has 0 atom stereocenters. The molecule has 0 radical (unpaired) electrons. The molecular weight excluding hydrogens is 160 g/mol. The molecule has 2 N–H and O–H groups in total. The van der Waals surface area contributed by atoms with Crippen LogP contribution in [0.1, 0.15) is 23.6 Å². The van der Waals surface area contributed by atoms with E-state index in [9.17, 15) is 0 Å². The lowest BCUT2D eigenvalue weighted by Gasteiger charge is -2.09. The Labute approximate surface area is 79.4 Å². The SMILES string of the molecule is CCN1Cc2ccc(CN)cc2C1. The standard InChI is InChI=1S/C11H16N2/c1-2-13-7-10-4-3-9(6-12)5-11(10)8-13/h3-5H,2,6-8,12H2,1H3. The summed E-state index contributed by atoms with van der Waals surface area (Å²) in [4.78, 5) is 2.44. The lowest BCUT2D eigenvalue weighted by Crippen LogP contribution is -2.14. The van der Waals surface area contributed by atoms with E-state index >= 15 is 0 Å². The van der Waals surface area contributed by atoms with Gasteiger partial charge in [0.05, 0.1) is 0 Å². The summed E-state index contributed by atoms with van der Waals surface area (Å²) in [5.41, 5.74) is 9.78. The number of rotatable bonds is 2. The van der Waals surface area contributed by atoms with Crippen LogP contribution in [-0.4, -0.2) is 11.4 Å². The number of nitrogens with zero attached hydrogens (tertiary/aromatic N) is 1. The van der Waals surface area contributed by atoms with Crippen molar-refractivity contribution in [1.29, 1.82) is 0 Å². The van der Waals surface area contributed by atoms with Crippen LogP contribution >= 0.6 is 0 Å². The third-order valence-corrected chi connectivity index (χ3v) is 2.74. The van der Waals surface area contributed by atoms with Crippen molar-refractivity contribution >= 4 is 0 Å². The molecule has 1 aromatic rings. The second kappa shape index (κ2) is 3.48. The molecule has 0 amide bonds. The van der Waals surface area contributed by atoms with Gasteiger partial charge in [-0.2, -0.15) is 0 Å². The topological polar surface area (TPSA) is 29.3 Å². The molecular formula is C11H16N2. The van der Waals surface area contributed by atoms with E-state index in [0.717, 1.165) is 19.6 Å². The number of fused-ring (bicyclic) bond motifs is 1. The van der Waals surface area contributed by atoms with Crippen LogP contribution in [0.25, 0.3) is 0 Å². The fraction of sp³-hybridized carbons (Fsp3) is 0.455. The highest BCUT2D eigenvalue weighted by molar-refractivity contribution is 5.34. The second-order valence-corrected chi connectivity index (χ2v) is 3.61. The van der Waals surface area contributed by atoms with E-state index in [-0.39, 0.29) is 0 Å². The van der Waals surface area contributed by atoms with Crippen LogP contribution in [0.4, 0.5) is 0 Å². The maximum atomic E-state index is 5.60. The summed E-state index contributed by atoms with van der Waals surface area (Å²) in [6, 6.07) is 6.59. The summed E-state index contributed by atoms with van der Waals surface area (Å²) in [7, 11) is 0. The summed E-state index contributed by atoms with van der Waals surface area (Å²) in [6.45, 7) is 6.19. The molecule has 0 fully saturated rings. The highest BCUT2D eigenvalue weighted by Crippen LogP contribution is 2.23. The van der Waals surface area contributed by atoms with Gasteiger partial charge >= 0.3 is 0 Å². The average molecular weight is 176 g/mol. The molecule has 1 aliphatic heterocycles. The summed E-state index contributed by atoms with van der Waals surface area (Å²) in [5.74, 6) is 0. The zero-order chi connectivity index (χ0) is 9.26. The molecule has 1 aromatic carbocycles. The van der Waals surface area contributed by atoms with Crippen molar-refractivity contribution < 1.29 is 0 Å². The third-order valence-electron chi connectivity index (χ3n) is 2.74. The summed E-state index contributed by atoms with van der Waals surface area (Å²) in [5, 5.41) is 0. The Hall–Kier alpha value is -0.860. The number of hydrogen-bond donors (Lipinski definition) is 1. The second-order valence-electron chi connectivity index (χ2n) is 3.61. The van der Waals surface area contributed by atoms with E-state index < -0.39 is 0 Å². The molecule has 0 bridgehead atoms. The Morgan fingerprint density at radius 2 is 2.08 bits per heavy atom. The lowest BCUT2D eigenvalue weighted by atomic mass is 10.1. The van der Waals surface area contributed by atoms with Gasteiger partial charge in [0.15, 0.2) is 0 Å². The van der Waals surface area contributed by atoms with Gasteiger partial charge in [0.2, 0.25) is 0 Å². The maximum Gasteiger partial charge on any atom is 0.0240 e. The van der Waals surface area contributed by atoms with Crippen molar-refractivity contribution in [3.63, 3.8) is 0 Å². The lowest BCUT2D eigenvalue weighted by molar-refractivity contribution is 0.301. The van der Waals surface area contributed by atoms with Gasteiger partial charge in [0, 0.05) is 19.6 Å². The van der Waals surface area contributed by atoms with Gasteiger partial charge in [-0.25, -0.2) is 0 Å². The molecule has 0 aromatic heterocycles. The van der Waals surface area contributed by atoms with Crippen LogP contribution in [0.5, 0.6) is 0 Å². The van der Waals surface area contributed by atoms with Gasteiger partial charge in [-0.1, -0.05) is 25.1 Å². The first-order chi connectivity index (χ1) is 6.33. The zero-order valence-electron chi connectivity index (χ0n) is 8.09. The van der Waals surface area contributed by atoms with E-state index in [0.29, 0.717) is 6.54 Å². The largest absolute Gasteiger partial charge is 0.326 e. The van der Waals surface area contributed by atoms with Crippen LogP contribution in [-0.2, 0) is 19.6 Å². The Morgan fingerprint density at radius 3 is 2.77 bits per heavy atom. The van der Waals surface area contributed by atoms with E-state index in [1.54, 1.807) is 0 Å². The first-order valence-electron chi connectivity index (χ1n) is 4.86. The number of benzene rings is 1. The van der Waals surface area contributed by atoms with Crippen LogP contribution < -0.4 is 5.73 Å². The summed E-state index contributed by atoms with van der Waals surface area (Å²) < 4.78 is 0. The first kappa shape index (κ1) is 8.73. The summed E-state index contributed by atoms with van der Waals surface area (Å²) in [6.07, 6.45) is 0. The van der Waals surface area contributed by atoms with Gasteiger partial charge in [-0.05, 0) is 23.2 Å². The molecule has 70 valence electrons. The van der Waals surface area contributed by atoms with E-state index in [4.69, 9.17) is 5.73 Å². The molecule has 0 saturated heterocycles.